The van der Waals surface area contributed by atoms with Crippen LogP contribution in [0.4, 0.5) is 0 Å². The molecular weight excluding hydrogens is 248 g/mol. The zero-order valence-electron chi connectivity index (χ0n) is 7.47. The SMILES string of the molecule is O.O.O.O.O=C(O)[C@@H](O)[C@H](O)C(=O)O.[Ca]. The van der Waals surface area contributed by atoms with Gasteiger partial charge in [-0.15, -0.1) is 0 Å². The van der Waals surface area contributed by atoms with Crippen LogP contribution in [0, 0.1) is 0 Å². The van der Waals surface area contributed by atoms with Gasteiger partial charge in [0.25, 0.3) is 0 Å². The molecule has 0 unspecified atom stereocenters. The summed E-state index contributed by atoms with van der Waals surface area (Å²) < 4.78 is 0. The van der Waals surface area contributed by atoms with E-state index in [0.717, 1.165) is 0 Å². The Morgan fingerprint density at radius 2 is 0.867 bits per heavy atom. The number of hydrogen-bond donors (Lipinski definition) is 4. The fourth-order valence-corrected chi connectivity index (χ4v) is 0.270. The van der Waals surface area contributed by atoms with Crippen LogP contribution < -0.4 is 0 Å². The Kier molecular flexibility index (Phi) is 39.7. The smallest absolute Gasteiger partial charge is 0.335 e. The van der Waals surface area contributed by atoms with Crippen molar-refractivity contribution >= 4 is 49.7 Å². The molecule has 10 nitrogen and oxygen atoms in total. The summed E-state index contributed by atoms with van der Waals surface area (Å²) in [5, 5.41) is 32.5. The predicted octanol–water partition coefficient (Wildman–Crippen LogP) is -5.80. The Morgan fingerprint density at radius 1 is 0.733 bits per heavy atom. The Bertz CT molecular complexity index is 142. The van der Waals surface area contributed by atoms with Gasteiger partial charge in [0.2, 0.25) is 0 Å². The first-order chi connectivity index (χ1) is 4.46. The average molecular weight is 262 g/mol. The third kappa shape index (κ3) is 14.0. The second-order valence-corrected chi connectivity index (χ2v) is 1.57. The largest absolute Gasteiger partial charge is 0.479 e. The molecule has 12 N–H and O–H groups in total. The van der Waals surface area contributed by atoms with E-state index in [0.29, 0.717) is 0 Å². The van der Waals surface area contributed by atoms with Crippen LogP contribution in [0.5, 0.6) is 0 Å². The van der Waals surface area contributed by atoms with Crippen molar-refractivity contribution in [1.29, 1.82) is 0 Å². The third-order valence-corrected chi connectivity index (χ3v) is 0.805. The maximum atomic E-state index is 9.77. The monoisotopic (exact) mass is 262 g/mol. The van der Waals surface area contributed by atoms with E-state index >= 15 is 0 Å². The number of carboxylic acids is 2. The van der Waals surface area contributed by atoms with Gasteiger partial charge in [0.1, 0.15) is 0 Å². The molecule has 0 rings (SSSR count). The third-order valence-electron chi connectivity index (χ3n) is 0.805. The van der Waals surface area contributed by atoms with Crippen LogP contribution in [-0.2, 0) is 9.59 Å². The summed E-state index contributed by atoms with van der Waals surface area (Å²) in [5.74, 6) is -3.54. The number of carboxylic acid groups (broad SMARTS) is 2. The maximum Gasteiger partial charge on any atom is 0.335 e. The van der Waals surface area contributed by atoms with Crippen LogP contribution in [0.25, 0.3) is 0 Å². The fraction of sp³-hybridized carbons (Fsp3) is 0.500. The second-order valence-electron chi connectivity index (χ2n) is 1.57. The number of carbonyl (C=O) groups is 2. The Hall–Kier alpha value is -0.0403. The molecule has 0 aromatic rings. The van der Waals surface area contributed by atoms with Gasteiger partial charge in [-0.05, 0) is 0 Å². The van der Waals surface area contributed by atoms with Crippen LogP contribution in [-0.4, -0.2) is 104 Å². The molecule has 92 valence electrons. The normalized spacial score (nSPS) is 10.5. The zero-order chi connectivity index (χ0) is 8.31. The van der Waals surface area contributed by atoms with E-state index in [-0.39, 0.29) is 59.6 Å². The van der Waals surface area contributed by atoms with Crippen molar-refractivity contribution in [2.24, 2.45) is 0 Å². The molecule has 15 heavy (non-hydrogen) atoms. The van der Waals surface area contributed by atoms with Gasteiger partial charge in [-0.1, -0.05) is 0 Å². The molecule has 0 aliphatic carbocycles. The van der Waals surface area contributed by atoms with Crippen molar-refractivity contribution < 1.29 is 51.9 Å². The van der Waals surface area contributed by atoms with E-state index in [9.17, 15) is 9.59 Å². The molecule has 0 heterocycles. The molecule has 0 aliphatic heterocycles. The van der Waals surface area contributed by atoms with Gasteiger partial charge in [-0.3, -0.25) is 0 Å². The van der Waals surface area contributed by atoms with Crippen molar-refractivity contribution in [2.75, 3.05) is 0 Å². The van der Waals surface area contributed by atoms with E-state index < -0.39 is 24.1 Å². The summed E-state index contributed by atoms with van der Waals surface area (Å²) in [6, 6.07) is 0. The first-order valence-electron chi connectivity index (χ1n) is 2.28. The van der Waals surface area contributed by atoms with Gasteiger partial charge < -0.3 is 42.3 Å². The van der Waals surface area contributed by atoms with Crippen LogP contribution in [0.1, 0.15) is 0 Å². The van der Waals surface area contributed by atoms with Crippen molar-refractivity contribution in [2.45, 2.75) is 12.2 Å². The minimum absolute atomic E-state index is 0. The molecular formula is C4H14CaO10. The number of rotatable bonds is 3. The maximum absolute atomic E-state index is 9.77. The molecule has 0 aromatic carbocycles. The first-order valence-corrected chi connectivity index (χ1v) is 2.28. The van der Waals surface area contributed by atoms with E-state index in [1.165, 1.54) is 0 Å². The average Bonchev–Trinajstić information content (AvgIpc) is 1.84. The molecule has 0 saturated heterocycles. The summed E-state index contributed by atoms with van der Waals surface area (Å²) in [6.45, 7) is 0. The van der Waals surface area contributed by atoms with Gasteiger partial charge in [-0.25, -0.2) is 9.59 Å². The molecule has 0 fully saturated rings. The van der Waals surface area contributed by atoms with Gasteiger partial charge >= 0.3 is 11.9 Å². The predicted molar refractivity (Wildman–Crippen MR) is 47.5 cm³/mol. The minimum Gasteiger partial charge on any atom is -0.479 e. The summed E-state index contributed by atoms with van der Waals surface area (Å²) in [5.41, 5.74) is 0. The van der Waals surface area contributed by atoms with Crippen LogP contribution in [0.15, 0.2) is 0 Å². The Labute approximate surface area is 113 Å². The second kappa shape index (κ2) is 16.4. The van der Waals surface area contributed by atoms with Crippen molar-refractivity contribution in [3.8, 4) is 0 Å². The Balaban J connectivity index is -0.0000000405. The number of hydrogen-bond acceptors (Lipinski definition) is 4. The van der Waals surface area contributed by atoms with E-state index in [4.69, 9.17) is 20.4 Å². The van der Waals surface area contributed by atoms with Crippen LogP contribution in [0.2, 0.25) is 0 Å². The molecule has 0 amide bonds. The van der Waals surface area contributed by atoms with Crippen molar-refractivity contribution in [1.82, 2.24) is 0 Å². The van der Waals surface area contributed by atoms with E-state index in [2.05, 4.69) is 0 Å². The van der Waals surface area contributed by atoms with E-state index in [1.807, 2.05) is 0 Å². The summed E-state index contributed by atoms with van der Waals surface area (Å²) in [4.78, 5) is 19.5. The molecule has 0 aromatic heterocycles. The van der Waals surface area contributed by atoms with Crippen molar-refractivity contribution in [3.05, 3.63) is 0 Å². The van der Waals surface area contributed by atoms with Gasteiger partial charge in [-0.2, -0.15) is 0 Å². The molecule has 0 spiro atoms. The molecule has 2 radical (unpaired) electrons. The topological polar surface area (TPSA) is 241 Å². The van der Waals surface area contributed by atoms with Gasteiger partial charge in [0, 0.05) is 37.7 Å². The quantitative estimate of drug-likeness (QED) is 0.360. The number of aliphatic hydroxyl groups excluding tert-OH is 2. The molecule has 2 atom stereocenters. The van der Waals surface area contributed by atoms with Crippen LogP contribution in [0.3, 0.4) is 0 Å². The Morgan fingerprint density at radius 3 is 0.933 bits per heavy atom. The van der Waals surface area contributed by atoms with Crippen LogP contribution >= 0.6 is 0 Å². The summed E-state index contributed by atoms with van der Waals surface area (Å²) >= 11 is 0. The van der Waals surface area contributed by atoms with Gasteiger partial charge in [0.05, 0.1) is 0 Å². The number of aliphatic hydroxyl groups is 2. The summed E-state index contributed by atoms with van der Waals surface area (Å²) in [6.07, 6.45) is -4.53. The van der Waals surface area contributed by atoms with Crippen molar-refractivity contribution in [3.63, 3.8) is 0 Å². The molecule has 11 heteroatoms. The fourth-order valence-electron chi connectivity index (χ4n) is 0.270. The zero-order valence-corrected chi connectivity index (χ0v) is 9.68. The number of aliphatic carboxylic acids is 2. The molecule has 0 saturated carbocycles. The minimum atomic E-state index is -2.27. The van der Waals surface area contributed by atoms with Gasteiger partial charge in [0.15, 0.2) is 12.2 Å². The summed E-state index contributed by atoms with van der Waals surface area (Å²) in [7, 11) is 0. The first kappa shape index (κ1) is 36.3. The standard InChI is InChI=1S/C4H6O6.Ca.4H2O/c5-1(3(7)8)2(6)4(9)10;;;;;/h1-2,5-6H,(H,7,8)(H,9,10);;4*1H2/t1-,2-;;;;;/m0...../s1. The molecule has 0 aliphatic rings. The molecule has 0 bridgehead atoms. The van der Waals surface area contributed by atoms with E-state index in [1.54, 1.807) is 0 Å².